The zero-order chi connectivity index (χ0) is 11.0. The minimum atomic E-state index is -0.864. The van der Waals surface area contributed by atoms with Crippen LogP contribution in [0.1, 0.15) is 18.7 Å². The summed E-state index contributed by atoms with van der Waals surface area (Å²) in [7, 11) is 0. The van der Waals surface area contributed by atoms with Crippen LogP contribution in [0.25, 0.3) is 5.65 Å². The highest BCUT2D eigenvalue weighted by molar-refractivity contribution is 6.30. The maximum atomic E-state index is 9.77. The topological polar surface area (TPSA) is 76.4 Å². The van der Waals surface area contributed by atoms with Gasteiger partial charge in [-0.1, -0.05) is 11.6 Å². The van der Waals surface area contributed by atoms with Crippen molar-refractivity contribution in [1.29, 1.82) is 0 Å². The van der Waals surface area contributed by atoms with E-state index in [2.05, 4.69) is 9.97 Å². The Morgan fingerprint density at radius 1 is 1.60 bits per heavy atom. The normalized spacial score (nSPS) is 15.5. The maximum Gasteiger partial charge on any atom is 0.141 e. The van der Waals surface area contributed by atoms with Crippen LogP contribution in [-0.4, -0.2) is 25.5 Å². The first-order valence-electron chi connectivity index (χ1n) is 4.52. The van der Waals surface area contributed by atoms with Crippen LogP contribution >= 0.6 is 11.6 Å². The van der Waals surface area contributed by atoms with E-state index in [9.17, 15) is 5.11 Å². The second-order valence-electron chi connectivity index (χ2n) is 3.40. The van der Waals surface area contributed by atoms with Gasteiger partial charge in [0.15, 0.2) is 0 Å². The van der Waals surface area contributed by atoms with E-state index >= 15 is 0 Å². The van der Waals surface area contributed by atoms with Gasteiger partial charge in [0.2, 0.25) is 0 Å². The summed E-state index contributed by atoms with van der Waals surface area (Å²) in [4.78, 5) is 8.11. The molecule has 0 aliphatic rings. The molecule has 0 bridgehead atoms. The molecular formula is C9H11ClN4O. The number of nitrogens with zero attached hydrogens (tertiary/aromatic N) is 3. The van der Waals surface area contributed by atoms with Crippen molar-refractivity contribution in [3.05, 3.63) is 29.4 Å². The molecule has 0 aliphatic carbocycles. The lowest BCUT2D eigenvalue weighted by Crippen LogP contribution is -2.24. The Labute approximate surface area is 91.5 Å². The summed E-state index contributed by atoms with van der Waals surface area (Å²) in [6.07, 6.45) is 2.29. The molecule has 2 atom stereocenters. The Balaban J connectivity index is 2.58. The van der Waals surface area contributed by atoms with E-state index in [1.807, 2.05) is 0 Å². The lowest BCUT2D eigenvalue weighted by Gasteiger charge is -2.11. The van der Waals surface area contributed by atoms with E-state index in [-0.39, 0.29) is 0 Å². The number of rotatable bonds is 2. The molecule has 2 unspecified atom stereocenters. The number of aliphatic hydroxyl groups is 1. The fraction of sp³-hybridized carbons (Fsp3) is 0.333. The zero-order valence-electron chi connectivity index (χ0n) is 8.13. The molecule has 0 aromatic carbocycles. The smallest absolute Gasteiger partial charge is 0.141 e. The molecule has 2 heterocycles. The fourth-order valence-electron chi connectivity index (χ4n) is 1.33. The molecule has 0 fully saturated rings. The molecule has 0 spiro atoms. The molecular weight excluding hydrogens is 216 g/mol. The molecule has 2 rings (SSSR count). The SMILES string of the molecule is CC(N)C(O)c1nc2ccncn2c1Cl. The molecule has 0 saturated carbocycles. The second kappa shape index (κ2) is 3.77. The maximum absolute atomic E-state index is 9.77. The third kappa shape index (κ3) is 1.69. The van der Waals surface area contributed by atoms with Gasteiger partial charge in [0.25, 0.3) is 0 Å². The van der Waals surface area contributed by atoms with Gasteiger partial charge < -0.3 is 10.8 Å². The van der Waals surface area contributed by atoms with Gasteiger partial charge in [-0.25, -0.2) is 9.97 Å². The van der Waals surface area contributed by atoms with Crippen LogP contribution in [0.5, 0.6) is 0 Å². The van der Waals surface area contributed by atoms with Crippen molar-refractivity contribution in [3.63, 3.8) is 0 Å². The highest BCUT2D eigenvalue weighted by atomic mass is 35.5. The van der Waals surface area contributed by atoms with Crippen LogP contribution in [0.4, 0.5) is 0 Å². The van der Waals surface area contributed by atoms with E-state index in [1.54, 1.807) is 29.9 Å². The van der Waals surface area contributed by atoms with Crippen molar-refractivity contribution in [3.8, 4) is 0 Å². The summed E-state index contributed by atoms with van der Waals surface area (Å²) < 4.78 is 1.60. The summed E-state index contributed by atoms with van der Waals surface area (Å²) in [5.41, 5.74) is 6.62. The van der Waals surface area contributed by atoms with Gasteiger partial charge in [-0.05, 0) is 13.0 Å². The number of hydrogen-bond donors (Lipinski definition) is 2. The first-order chi connectivity index (χ1) is 7.11. The third-order valence-corrected chi connectivity index (χ3v) is 2.55. The largest absolute Gasteiger partial charge is 0.385 e. The monoisotopic (exact) mass is 226 g/mol. The molecule has 2 aromatic heterocycles. The Hall–Kier alpha value is -1.17. The predicted octanol–water partition coefficient (Wildman–Crippen LogP) is 0.763. The number of imidazole rings is 1. The quantitative estimate of drug-likeness (QED) is 0.793. The first kappa shape index (κ1) is 10.4. The molecule has 6 heteroatoms. The molecule has 0 radical (unpaired) electrons. The van der Waals surface area contributed by atoms with Crippen molar-refractivity contribution in [1.82, 2.24) is 14.4 Å². The zero-order valence-corrected chi connectivity index (χ0v) is 8.89. The number of hydrogen-bond acceptors (Lipinski definition) is 4. The van der Waals surface area contributed by atoms with Gasteiger partial charge >= 0.3 is 0 Å². The van der Waals surface area contributed by atoms with E-state index < -0.39 is 12.1 Å². The first-order valence-corrected chi connectivity index (χ1v) is 4.90. The van der Waals surface area contributed by atoms with Gasteiger partial charge in [-0.2, -0.15) is 0 Å². The molecule has 80 valence electrons. The highest BCUT2D eigenvalue weighted by Gasteiger charge is 2.20. The summed E-state index contributed by atoms with van der Waals surface area (Å²) >= 11 is 6.04. The van der Waals surface area contributed by atoms with Crippen LogP contribution in [0.3, 0.4) is 0 Å². The predicted molar refractivity (Wildman–Crippen MR) is 56.6 cm³/mol. The summed E-state index contributed by atoms with van der Waals surface area (Å²) in [5.74, 6) is 0. The highest BCUT2D eigenvalue weighted by Crippen LogP contribution is 2.24. The third-order valence-electron chi connectivity index (χ3n) is 2.17. The van der Waals surface area contributed by atoms with Crippen LogP contribution in [0.2, 0.25) is 5.15 Å². The Morgan fingerprint density at radius 2 is 2.33 bits per heavy atom. The average Bonchev–Trinajstić information content (AvgIpc) is 2.56. The van der Waals surface area contributed by atoms with Gasteiger partial charge in [-0.3, -0.25) is 4.40 Å². The lowest BCUT2D eigenvalue weighted by atomic mass is 10.1. The standard InChI is InChI=1S/C9H11ClN4O/c1-5(11)8(15)7-9(10)14-4-12-3-2-6(14)13-7/h2-5,8,15H,11H2,1H3. The summed E-state index contributed by atoms with van der Waals surface area (Å²) in [6, 6.07) is 1.30. The van der Waals surface area contributed by atoms with Crippen LogP contribution in [0.15, 0.2) is 18.6 Å². The minimum Gasteiger partial charge on any atom is -0.385 e. The van der Waals surface area contributed by atoms with Crippen molar-refractivity contribution < 1.29 is 5.11 Å². The molecule has 0 amide bonds. The van der Waals surface area contributed by atoms with Gasteiger partial charge in [0, 0.05) is 12.2 Å². The number of aliphatic hydroxyl groups excluding tert-OH is 1. The summed E-state index contributed by atoms with van der Waals surface area (Å²) in [5, 5.41) is 10.1. The van der Waals surface area contributed by atoms with Crippen LogP contribution in [0, 0.1) is 0 Å². The molecule has 0 aliphatic heterocycles. The van der Waals surface area contributed by atoms with Crippen molar-refractivity contribution in [2.75, 3.05) is 0 Å². The van der Waals surface area contributed by atoms with E-state index in [1.165, 1.54) is 0 Å². The van der Waals surface area contributed by atoms with Crippen molar-refractivity contribution in [2.45, 2.75) is 19.1 Å². The number of halogens is 1. The Bertz CT molecular complexity index is 482. The molecule has 5 nitrogen and oxygen atoms in total. The van der Waals surface area contributed by atoms with Gasteiger partial charge in [0.1, 0.15) is 28.9 Å². The van der Waals surface area contributed by atoms with Crippen molar-refractivity contribution >= 4 is 17.2 Å². The molecule has 3 N–H and O–H groups in total. The van der Waals surface area contributed by atoms with E-state index in [4.69, 9.17) is 17.3 Å². The Morgan fingerprint density at radius 3 is 2.93 bits per heavy atom. The molecule has 0 saturated heterocycles. The van der Waals surface area contributed by atoms with Crippen LogP contribution in [-0.2, 0) is 0 Å². The number of aromatic nitrogens is 3. The van der Waals surface area contributed by atoms with Crippen LogP contribution < -0.4 is 5.73 Å². The molecule has 2 aromatic rings. The summed E-state index contributed by atoms with van der Waals surface area (Å²) in [6.45, 7) is 1.70. The second-order valence-corrected chi connectivity index (χ2v) is 3.76. The van der Waals surface area contributed by atoms with Gasteiger partial charge in [-0.15, -0.1) is 0 Å². The number of fused-ring (bicyclic) bond motifs is 1. The lowest BCUT2D eigenvalue weighted by molar-refractivity contribution is 0.149. The average molecular weight is 227 g/mol. The number of nitrogens with two attached hydrogens (primary N) is 1. The van der Waals surface area contributed by atoms with Crippen molar-refractivity contribution in [2.24, 2.45) is 5.73 Å². The van der Waals surface area contributed by atoms with Gasteiger partial charge in [0.05, 0.1) is 0 Å². The molecule has 15 heavy (non-hydrogen) atoms. The van der Waals surface area contributed by atoms with E-state index in [0.717, 1.165) is 0 Å². The fourth-order valence-corrected chi connectivity index (χ4v) is 1.61. The van der Waals surface area contributed by atoms with E-state index in [0.29, 0.717) is 16.5 Å². The minimum absolute atomic E-state index is 0.350. The Kier molecular flexibility index (Phi) is 2.60.